The van der Waals surface area contributed by atoms with E-state index >= 15 is 0 Å². The molecule has 0 spiro atoms. The number of rotatable bonds is 14. The predicted molar refractivity (Wildman–Crippen MR) is 147 cm³/mol. The van der Waals surface area contributed by atoms with E-state index in [0.29, 0.717) is 6.42 Å². The van der Waals surface area contributed by atoms with E-state index in [1.807, 2.05) is 11.0 Å². The van der Waals surface area contributed by atoms with Gasteiger partial charge in [0.2, 0.25) is 5.91 Å². The van der Waals surface area contributed by atoms with Crippen LogP contribution in [0.4, 0.5) is 5.69 Å². The molecule has 1 aliphatic heterocycles. The molecule has 1 saturated heterocycles. The quantitative estimate of drug-likeness (QED) is 0.222. The molecule has 3 aromatic rings. The molecule has 35 heavy (non-hydrogen) atoms. The van der Waals surface area contributed by atoms with Crippen LogP contribution in [0.25, 0.3) is 11.0 Å². The van der Waals surface area contributed by atoms with Gasteiger partial charge in [0.1, 0.15) is 5.82 Å². The summed E-state index contributed by atoms with van der Waals surface area (Å²) in [5.41, 5.74) is 4.56. The third kappa shape index (κ3) is 6.34. The first kappa shape index (κ1) is 25.5. The van der Waals surface area contributed by atoms with Crippen LogP contribution in [0, 0.1) is 0 Å². The van der Waals surface area contributed by atoms with Crippen LogP contribution >= 0.6 is 0 Å². The summed E-state index contributed by atoms with van der Waals surface area (Å²) in [6, 6.07) is 16.8. The Bertz CT molecular complexity index is 1090. The molecule has 0 bridgehead atoms. The second-order valence-corrected chi connectivity index (χ2v) is 10.2. The molecule has 0 N–H and O–H groups in total. The zero-order valence-electron chi connectivity index (χ0n) is 21.8. The molecule has 0 saturated carbocycles. The van der Waals surface area contributed by atoms with E-state index in [9.17, 15) is 4.79 Å². The Balaban J connectivity index is 1.39. The topological polar surface area (TPSA) is 38.1 Å². The van der Waals surface area contributed by atoms with Crippen molar-refractivity contribution >= 4 is 22.6 Å². The Morgan fingerprint density at radius 1 is 0.829 bits per heavy atom. The molecule has 188 valence electrons. The predicted octanol–water partition coefficient (Wildman–Crippen LogP) is 8.04. The molecule has 1 aliphatic rings. The number of carbonyl (C=O) groups excluding carboxylic acids is 1. The first-order valence-electron chi connectivity index (χ1n) is 14.1. The van der Waals surface area contributed by atoms with Crippen LogP contribution in [-0.4, -0.2) is 22.0 Å². The second kappa shape index (κ2) is 12.9. The van der Waals surface area contributed by atoms with Crippen molar-refractivity contribution in [3.05, 3.63) is 59.9 Å². The monoisotopic (exact) mass is 473 g/mol. The molecule has 1 fully saturated rings. The van der Waals surface area contributed by atoms with Gasteiger partial charge in [-0.25, -0.2) is 4.98 Å². The van der Waals surface area contributed by atoms with E-state index < -0.39 is 0 Å². The van der Waals surface area contributed by atoms with E-state index in [0.717, 1.165) is 36.5 Å². The van der Waals surface area contributed by atoms with Crippen molar-refractivity contribution in [2.24, 2.45) is 0 Å². The lowest BCUT2D eigenvalue weighted by Crippen LogP contribution is -2.25. The van der Waals surface area contributed by atoms with Gasteiger partial charge in [-0.15, -0.1) is 0 Å². The average Bonchev–Trinajstić information content (AvgIpc) is 3.45. The molecule has 4 nitrogen and oxygen atoms in total. The van der Waals surface area contributed by atoms with Crippen LogP contribution in [0.15, 0.2) is 48.5 Å². The molecule has 1 amide bonds. The molecular weight excluding hydrogens is 430 g/mol. The van der Waals surface area contributed by atoms with Gasteiger partial charge in [-0.05, 0) is 36.6 Å². The number of anilines is 1. The Kier molecular flexibility index (Phi) is 9.39. The Labute approximate surface area is 211 Å². The highest BCUT2D eigenvalue weighted by Gasteiger charge is 2.35. The number of para-hydroxylation sites is 3. The summed E-state index contributed by atoms with van der Waals surface area (Å²) in [4.78, 5) is 20.1. The third-order valence-corrected chi connectivity index (χ3v) is 7.57. The fraction of sp³-hybridized carbons (Fsp3) is 0.548. The lowest BCUT2D eigenvalue weighted by atomic mass is 10.1. The van der Waals surface area contributed by atoms with Crippen molar-refractivity contribution in [1.82, 2.24) is 9.55 Å². The highest BCUT2D eigenvalue weighted by Crippen LogP contribution is 2.35. The van der Waals surface area contributed by atoms with Crippen molar-refractivity contribution in [2.45, 2.75) is 103 Å². The molecule has 0 aliphatic carbocycles. The van der Waals surface area contributed by atoms with Gasteiger partial charge in [-0.1, -0.05) is 102 Å². The third-order valence-electron chi connectivity index (χ3n) is 7.57. The number of nitrogens with zero attached hydrogens (tertiary/aromatic N) is 3. The smallest absolute Gasteiger partial charge is 0.227 e. The van der Waals surface area contributed by atoms with Crippen molar-refractivity contribution in [3.63, 3.8) is 0 Å². The van der Waals surface area contributed by atoms with Crippen LogP contribution in [-0.2, 0) is 17.8 Å². The van der Waals surface area contributed by atoms with Gasteiger partial charge < -0.3 is 9.47 Å². The van der Waals surface area contributed by atoms with E-state index in [2.05, 4.69) is 60.9 Å². The fourth-order valence-electron chi connectivity index (χ4n) is 5.58. The summed E-state index contributed by atoms with van der Waals surface area (Å²) in [5, 5.41) is 0. The molecule has 1 unspecified atom stereocenters. The molecule has 1 atom stereocenters. The summed E-state index contributed by atoms with van der Waals surface area (Å²) in [6.07, 6.45) is 14.9. The van der Waals surface area contributed by atoms with Crippen molar-refractivity contribution < 1.29 is 4.79 Å². The minimum atomic E-state index is 0.142. The number of fused-ring (bicyclic) bond motifs is 1. The van der Waals surface area contributed by atoms with Gasteiger partial charge in [-0.3, -0.25) is 4.79 Å². The van der Waals surface area contributed by atoms with Gasteiger partial charge in [0.25, 0.3) is 0 Å². The number of benzene rings is 2. The van der Waals surface area contributed by atoms with Crippen LogP contribution in [0.2, 0.25) is 0 Å². The molecule has 2 aromatic carbocycles. The number of hydrogen-bond acceptors (Lipinski definition) is 2. The summed E-state index contributed by atoms with van der Waals surface area (Å²) >= 11 is 0. The number of imidazole rings is 1. The van der Waals surface area contributed by atoms with Crippen molar-refractivity contribution in [2.75, 3.05) is 11.4 Å². The normalized spacial score (nSPS) is 16.0. The molecule has 1 aromatic heterocycles. The SMILES string of the molecule is CCCCCCCCCCCCn1c(C2CC(=O)N(c3ccccc3CC)C2)nc2ccccc21. The maximum atomic E-state index is 13.1. The minimum Gasteiger partial charge on any atom is -0.328 e. The van der Waals surface area contributed by atoms with E-state index in [-0.39, 0.29) is 11.8 Å². The highest BCUT2D eigenvalue weighted by atomic mass is 16.2. The molecule has 4 rings (SSSR count). The van der Waals surface area contributed by atoms with Gasteiger partial charge in [0.05, 0.1) is 11.0 Å². The zero-order chi connectivity index (χ0) is 24.5. The van der Waals surface area contributed by atoms with Gasteiger partial charge in [0, 0.05) is 31.1 Å². The number of unbranched alkanes of at least 4 members (excludes halogenated alkanes) is 9. The first-order valence-corrected chi connectivity index (χ1v) is 14.1. The van der Waals surface area contributed by atoms with Crippen LogP contribution in [0.3, 0.4) is 0 Å². The Morgan fingerprint density at radius 2 is 1.49 bits per heavy atom. The van der Waals surface area contributed by atoms with Gasteiger partial charge in [-0.2, -0.15) is 0 Å². The highest BCUT2D eigenvalue weighted by molar-refractivity contribution is 5.97. The second-order valence-electron chi connectivity index (χ2n) is 10.2. The summed E-state index contributed by atoms with van der Waals surface area (Å²) in [6.45, 7) is 6.14. The minimum absolute atomic E-state index is 0.142. The van der Waals surface area contributed by atoms with Crippen molar-refractivity contribution in [3.8, 4) is 0 Å². The average molecular weight is 474 g/mol. The maximum absolute atomic E-state index is 13.1. The largest absolute Gasteiger partial charge is 0.328 e. The number of carbonyl (C=O) groups is 1. The fourth-order valence-corrected chi connectivity index (χ4v) is 5.58. The summed E-state index contributed by atoms with van der Waals surface area (Å²) in [7, 11) is 0. The molecular formula is C31H43N3O. The number of aryl methyl sites for hydroxylation is 2. The standard InChI is InChI=1S/C31H43N3O/c1-3-5-6-7-8-9-10-11-12-17-22-33-29-21-16-14-19-27(29)32-31(33)26-23-30(35)34(24-26)28-20-15-13-18-25(28)4-2/h13-16,18-21,26H,3-12,17,22-24H2,1-2H3. The van der Waals surface area contributed by atoms with Crippen LogP contribution < -0.4 is 4.90 Å². The van der Waals surface area contributed by atoms with Gasteiger partial charge >= 0.3 is 0 Å². The van der Waals surface area contributed by atoms with E-state index in [1.54, 1.807) is 0 Å². The Hall–Kier alpha value is -2.62. The maximum Gasteiger partial charge on any atom is 0.227 e. The van der Waals surface area contributed by atoms with E-state index in [1.165, 1.54) is 75.3 Å². The zero-order valence-corrected chi connectivity index (χ0v) is 21.8. The van der Waals surface area contributed by atoms with E-state index in [4.69, 9.17) is 4.98 Å². The first-order chi connectivity index (χ1) is 17.2. The molecule has 2 heterocycles. The van der Waals surface area contributed by atoms with Gasteiger partial charge in [0.15, 0.2) is 0 Å². The summed E-state index contributed by atoms with van der Waals surface area (Å²) in [5.74, 6) is 1.45. The summed E-state index contributed by atoms with van der Waals surface area (Å²) < 4.78 is 2.41. The molecule has 0 radical (unpaired) electrons. The van der Waals surface area contributed by atoms with Crippen LogP contribution in [0.1, 0.15) is 102 Å². The number of amides is 1. The lowest BCUT2D eigenvalue weighted by Gasteiger charge is -2.20. The Morgan fingerprint density at radius 3 is 2.23 bits per heavy atom. The lowest BCUT2D eigenvalue weighted by molar-refractivity contribution is -0.117. The van der Waals surface area contributed by atoms with Crippen LogP contribution in [0.5, 0.6) is 0 Å². The van der Waals surface area contributed by atoms with Crippen molar-refractivity contribution in [1.29, 1.82) is 0 Å². The molecule has 4 heteroatoms. The number of aromatic nitrogens is 2. The number of hydrogen-bond donors (Lipinski definition) is 0.